The second-order valence-corrected chi connectivity index (χ2v) is 9.29. The number of methoxy groups -OCH3 is 1. The van der Waals surface area contributed by atoms with Crippen molar-refractivity contribution in [2.75, 3.05) is 32.5 Å². The fourth-order valence-electron chi connectivity index (χ4n) is 4.49. The van der Waals surface area contributed by atoms with Crippen LogP contribution in [0.1, 0.15) is 24.0 Å². The van der Waals surface area contributed by atoms with Gasteiger partial charge in [-0.05, 0) is 48.1 Å². The first-order chi connectivity index (χ1) is 13.7. The van der Waals surface area contributed by atoms with E-state index < -0.39 is 10.8 Å². The van der Waals surface area contributed by atoms with Crippen LogP contribution in [0.4, 0.5) is 0 Å². The van der Waals surface area contributed by atoms with Crippen molar-refractivity contribution in [1.29, 1.82) is 0 Å². The van der Waals surface area contributed by atoms with E-state index in [-0.39, 0.29) is 6.10 Å². The van der Waals surface area contributed by atoms with Crippen LogP contribution in [0.15, 0.2) is 65.6 Å². The number of nitrogens with zero attached hydrogens (tertiary/aromatic N) is 1. The third kappa shape index (κ3) is 4.45. The van der Waals surface area contributed by atoms with Crippen molar-refractivity contribution in [2.24, 2.45) is 5.92 Å². The smallest absolute Gasteiger partial charge is 0.0632 e. The van der Waals surface area contributed by atoms with Crippen molar-refractivity contribution < 1.29 is 8.95 Å². The zero-order chi connectivity index (χ0) is 19.3. The van der Waals surface area contributed by atoms with Crippen LogP contribution in [-0.4, -0.2) is 47.7 Å². The molecule has 148 valence electrons. The highest BCUT2D eigenvalue weighted by molar-refractivity contribution is 7.85. The molecule has 3 atom stereocenters. The summed E-state index contributed by atoms with van der Waals surface area (Å²) in [4.78, 5) is 3.45. The van der Waals surface area contributed by atoms with Gasteiger partial charge in [0, 0.05) is 43.3 Å². The molecule has 1 saturated heterocycles. The zero-order valence-electron chi connectivity index (χ0n) is 16.5. The minimum absolute atomic E-state index is 0.204. The van der Waals surface area contributed by atoms with E-state index in [1.54, 1.807) is 7.11 Å². The lowest BCUT2D eigenvalue weighted by molar-refractivity contribution is 0.00270. The zero-order valence-corrected chi connectivity index (χ0v) is 17.4. The van der Waals surface area contributed by atoms with Gasteiger partial charge in [-0.2, -0.15) is 0 Å². The predicted octanol–water partition coefficient (Wildman–Crippen LogP) is 4.16. The molecule has 3 nitrogen and oxygen atoms in total. The van der Waals surface area contributed by atoms with E-state index in [4.69, 9.17) is 4.74 Å². The average Bonchev–Trinajstić information content (AvgIpc) is 3.16. The SMILES string of the molecule is COC1CCN(CCC2=CCc3ccccc32)CC1CS(=O)c1ccccc1. The first kappa shape index (κ1) is 19.6. The van der Waals surface area contributed by atoms with Crippen LogP contribution in [-0.2, 0) is 22.0 Å². The van der Waals surface area contributed by atoms with Gasteiger partial charge in [-0.1, -0.05) is 48.5 Å². The van der Waals surface area contributed by atoms with Crippen molar-refractivity contribution in [2.45, 2.75) is 30.3 Å². The van der Waals surface area contributed by atoms with Crippen LogP contribution < -0.4 is 0 Å². The molecule has 1 fully saturated rings. The van der Waals surface area contributed by atoms with Gasteiger partial charge < -0.3 is 9.64 Å². The summed E-state index contributed by atoms with van der Waals surface area (Å²) in [7, 11) is 0.819. The number of fused-ring (bicyclic) bond motifs is 1. The van der Waals surface area contributed by atoms with Crippen LogP contribution in [0.3, 0.4) is 0 Å². The van der Waals surface area contributed by atoms with E-state index in [1.165, 1.54) is 16.7 Å². The maximum Gasteiger partial charge on any atom is 0.0632 e. The summed E-state index contributed by atoms with van der Waals surface area (Å²) < 4.78 is 18.6. The van der Waals surface area contributed by atoms with Crippen molar-refractivity contribution >= 4 is 16.4 Å². The van der Waals surface area contributed by atoms with Gasteiger partial charge >= 0.3 is 0 Å². The van der Waals surface area contributed by atoms with Crippen LogP contribution in [0.25, 0.3) is 5.57 Å². The maximum absolute atomic E-state index is 12.8. The minimum Gasteiger partial charge on any atom is -0.381 e. The van der Waals surface area contributed by atoms with Crippen molar-refractivity contribution in [3.63, 3.8) is 0 Å². The molecule has 3 unspecified atom stereocenters. The molecular formula is C24H29NO2S. The Morgan fingerprint density at radius 1 is 1.11 bits per heavy atom. The van der Waals surface area contributed by atoms with Gasteiger partial charge in [0.05, 0.1) is 16.9 Å². The molecule has 4 heteroatoms. The Morgan fingerprint density at radius 2 is 1.89 bits per heavy atom. The van der Waals surface area contributed by atoms with Crippen LogP contribution in [0, 0.1) is 5.92 Å². The van der Waals surface area contributed by atoms with E-state index in [2.05, 4.69) is 35.2 Å². The number of benzene rings is 2. The molecule has 0 N–H and O–H groups in total. The quantitative estimate of drug-likeness (QED) is 0.705. The first-order valence-electron chi connectivity index (χ1n) is 10.2. The number of piperidine rings is 1. The molecule has 0 aromatic heterocycles. The van der Waals surface area contributed by atoms with Crippen molar-refractivity contribution in [3.05, 3.63) is 71.8 Å². The Balaban J connectivity index is 1.35. The molecule has 2 aromatic rings. The van der Waals surface area contributed by atoms with E-state index in [1.807, 2.05) is 30.3 Å². The van der Waals surface area contributed by atoms with Gasteiger partial charge in [0.2, 0.25) is 0 Å². The summed E-state index contributed by atoms with van der Waals surface area (Å²) in [6.45, 7) is 3.08. The molecule has 28 heavy (non-hydrogen) atoms. The topological polar surface area (TPSA) is 29.5 Å². The average molecular weight is 396 g/mol. The molecule has 4 rings (SSSR count). The fourth-order valence-corrected chi connectivity index (χ4v) is 5.85. The Bertz CT molecular complexity index is 849. The highest BCUT2D eigenvalue weighted by atomic mass is 32.2. The highest BCUT2D eigenvalue weighted by Gasteiger charge is 2.31. The Kier molecular flexibility index (Phi) is 6.40. The minimum atomic E-state index is -0.972. The van der Waals surface area contributed by atoms with Gasteiger partial charge in [0.1, 0.15) is 0 Å². The molecule has 0 spiro atoms. The van der Waals surface area contributed by atoms with Gasteiger partial charge in [0.15, 0.2) is 0 Å². The summed E-state index contributed by atoms with van der Waals surface area (Å²) in [5.41, 5.74) is 4.36. The van der Waals surface area contributed by atoms with Gasteiger partial charge in [-0.3, -0.25) is 4.21 Å². The molecule has 0 saturated carbocycles. The third-order valence-corrected chi connectivity index (χ3v) is 7.58. The number of rotatable bonds is 7. The number of likely N-dealkylation sites (tertiary alicyclic amines) is 1. The molecule has 1 aliphatic carbocycles. The molecule has 1 heterocycles. The lowest BCUT2D eigenvalue weighted by Gasteiger charge is -2.37. The molecule has 1 aliphatic heterocycles. The van der Waals surface area contributed by atoms with Gasteiger partial charge in [-0.25, -0.2) is 0 Å². The number of hydrogen-bond acceptors (Lipinski definition) is 3. The van der Waals surface area contributed by atoms with E-state index >= 15 is 0 Å². The van der Waals surface area contributed by atoms with Crippen molar-refractivity contribution in [3.8, 4) is 0 Å². The summed E-state index contributed by atoms with van der Waals surface area (Å²) in [6.07, 6.45) is 5.76. The Morgan fingerprint density at radius 3 is 2.71 bits per heavy atom. The Hall–Kier alpha value is -1.75. The van der Waals surface area contributed by atoms with E-state index in [0.29, 0.717) is 11.7 Å². The first-order valence-corrected chi connectivity index (χ1v) is 11.5. The molecular weight excluding hydrogens is 366 g/mol. The van der Waals surface area contributed by atoms with E-state index in [9.17, 15) is 4.21 Å². The number of ether oxygens (including phenoxy) is 1. The van der Waals surface area contributed by atoms with Gasteiger partial charge in [0.25, 0.3) is 0 Å². The van der Waals surface area contributed by atoms with Crippen molar-refractivity contribution in [1.82, 2.24) is 4.90 Å². The summed E-state index contributed by atoms with van der Waals surface area (Å²) in [5.74, 6) is 0.981. The van der Waals surface area contributed by atoms with Gasteiger partial charge in [-0.15, -0.1) is 0 Å². The molecule has 0 amide bonds. The largest absolute Gasteiger partial charge is 0.381 e. The second kappa shape index (κ2) is 9.17. The molecule has 2 aliphatic rings. The van der Waals surface area contributed by atoms with E-state index in [0.717, 1.165) is 43.8 Å². The lowest BCUT2D eigenvalue weighted by atomic mass is 9.95. The summed E-state index contributed by atoms with van der Waals surface area (Å²) in [5, 5.41) is 0. The molecule has 0 radical (unpaired) electrons. The fraction of sp³-hybridized carbons (Fsp3) is 0.417. The Labute approximate surface area is 170 Å². The maximum atomic E-state index is 12.8. The highest BCUT2D eigenvalue weighted by Crippen LogP contribution is 2.30. The normalized spacial score (nSPS) is 23.2. The number of allylic oxidation sites excluding steroid dienone is 1. The van der Waals surface area contributed by atoms with Crippen LogP contribution in [0.5, 0.6) is 0 Å². The molecule has 2 aromatic carbocycles. The lowest BCUT2D eigenvalue weighted by Crippen LogP contribution is -2.46. The van der Waals surface area contributed by atoms with Crippen LogP contribution >= 0.6 is 0 Å². The third-order valence-electron chi connectivity index (χ3n) is 6.05. The summed E-state index contributed by atoms with van der Waals surface area (Å²) >= 11 is 0. The monoisotopic (exact) mass is 395 g/mol. The second-order valence-electron chi connectivity index (χ2n) is 7.79. The number of hydrogen-bond donors (Lipinski definition) is 0. The van der Waals surface area contributed by atoms with Crippen LogP contribution in [0.2, 0.25) is 0 Å². The molecule has 0 bridgehead atoms. The standard InChI is InChI=1S/C24H29NO2S/c1-27-24-14-16-25(15-13-20-12-11-19-7-5-6-10-23(19)20)17-21(24)18-28(26)22-8-3-2-4-9-22/h2-10,12,21,24H,11,13-18H2,1H3. The summed E-state index contributed by atoms with van der Waals surface area (Å²) in [6, 6.07) is 18.6. The predicted molar refractivity (Wildman–Crippen MR) is 116 cm³/mol.